The van der Waals surface area contributed by atoms with Gasteiger partial charge in [0.15, 0.2) is 0 Å². The molecular formula is C23H24FN3O6. The Kier molecular flexibility index (Phi) is 7.43. The summed E-state index contributed by atoms with van der Waals surface area (Å²) in [6.45, 7) is -0.598. The van der Waals surface area contributed by atoms with Crippen molar-refractivity contribution >= 4 is 17.8 Å². The molecule has 0 bridgehead atoms. The first-order valence-electron chi connectivity index (χ1n) is 9.99. The van der Waals surface area contributed by atoms with Crippen molar-refractivity contribution in [2.24, 2.45) is 0 Å². The molecule has 1 aliphatic heterocycles. The third-order valence-corrected chi connectivity index (χ3v) is 5.38. The second-order valence-electron chi connectivity index (χ2n) is 7.46. The van der Waals surface area contributed by atoms with Crippen molar-refractivity contribution < 1.29 is 34.3 Å². The van der Waals surface area contributed by atoms with Crippen LogP contribution in [0.1, 0.15) is 21.5 Å². The Bertz CT molecular complexity index is 1130. The molecule has 1 saturated heterocycles. The van der Waals surface area contributed by atoms with Crippen molar-refractivity contribution in [3.05, 3.63) is 52.8 Å². The van der Waals surface area contributed by atoms with E-state index in [4.69, 9.17) is 15.9 Å². The quantitative estimate of drug-likeness (QED) is 0.187. The summed E-state index contributed by atoms with van der Waals surface area (Å²) in [5.41, 5.74) is 7.27. The number of amides is 1. The third-order valence-electron chi connectivity index (χ3n) is 5.38. The number of ether oxygens (including phenoxy) is 1. The summed E-state index contributed by atoms with van der Waals surface area (Å²) in [6.07, 6.45) is -6.05. The number of anilines is 1. The van der Waals surface area contributed by atoms with Gasteiger partial charge in [-0.25, -0.2) is 4.39 Å². The van der Waals surface area contributed by atoms with Crippen LogP contribution < -0.4 is 11.1 Å². The zero-order valence-electron chi connectivity index (χ0n) is 17.6. The maximum atomic E-state index is 14.6. The van der Waals surface area contributed by atoms with Crippen LogP contribution in [0.4, 0.5) is 10.1 Å². The molecule has 0 radical (unpaired) electrons. The lowest BCUT2D eigenvalue weighted by atomic mass is 9.94. The average Bonchev–Trinajstić information content (AvgIpc) is 2.82. The predicted octanol–water partition coefficient (Wildman–Crippen LogP) is -0.374. The second kappa shape index (κ2) is 10.1. The van der Waals surface area contributed by atoms with Crippen molar-refractivity contribution in [3.8, 4) is 23.0 Å². The van der Waals surface area contributed by atoms with E-state index < -0.39 is 48.9 Å². The van der Waals surface area contributed by atoms with E-state index in [-0.39, 0.29) is 27.9 Å². The molecule has 10 heteroatoms. The third kappa shape index (κ3) is 4.88. The van der Waals surface area contributed by atoms with Crippen LogP contribution in [0.15, 0.2) is 30.3 Å². The molecule has 0 spiro atoms. The fourth-order valence-electron chi connectivity index (χ4n) is 3.46. The number of aliphatic hydroxyl groups is 4. The maximum absolute atomic E-state index is 14.6. The zero-order chi connectivity index (χ0) is 24.3. The minimum absolute atomic E-state index is 0.0927. The summed E-state index contributed by atoms with van der Waals surface area (Å²) >= 11 is 0. The number of rotatable bonds is 4. The van der Waals surface area contributed by atoms with Crippen LogP contribution in [-0.4, -0.2) is 76.7 Å². The van der Waals surface area contributed by atoms with Crippen molar-refractivity contribution in [1.82, 2.24) is 5.32 Å². The molecule has 4 unspecified atom stereocenters. The van der Waals surface area contributed by atoms with Gasteiger partial charge in [0.2, 0.25) is 0 Å². The molecule has 3 rings (SSSR count). The van der Waals surface area contributed by atoms with Gasteiger partial charge in [-0.2, -0.15) is 0 Å². The summed E-state index contributed by atoms with van der Waals surface area (Å²) in [6, 6.07) is 6.80. The summed E-state index contributed by atoms with van der Waals surface area (Å²) in [5.74, 6) is 4.31. The van der Waals surface area contributed by atoms with Crippen LogP contribution in [0.2, 0.25) is 0 Å². The highest BCUT2D eigenvalue weighted by atomic mass is 19.1. The number of carbonyl (C=O) groups excluding carboxylic acids is 1. The minimum Gasteiger partial charge on any atom is -0.397 e. The topological polar surface area (TPSA) is 169 Å². The van der Waals surface area contributed by atoms with Gasteiger partial charge in [0.25, 0.3) is 5.91 Å². The Morgan fingerprint density at radius 1 is 1.24 bits per heavy atom. The Labute approximate surface area is 189 Å². The molecule has 1 heterocycles. The lowest BCUT2D eigenvalue weighted by Gasteiger charge is -2.37. The van der Waals surface area contributed by atoms with Crippen molar-refractivity contribution in [3.63, 3.8) is 0 Å². The number of carbonyl (C=O) groups is 1. The van der Waals surface area contributed by atoms with E-state index in [1.165, 1.54) is 31.3 Å². The summed E-state index contributed by atoms with van der Waals surface area (Å²) in [4.78, 5) is 12.0. The molecule has 1 fully saturated rings. The second-order valence-corrected chi connectivity index (χ2v) is 7.46. The molecule has 2 aromatic carbocycles. The first-order valence-corrected chi connectivity index (χ1v) is 9.99. The van der Waals surface area contributed by atoms with Gasteiger partial charge in [0.05, 0.1) is 12.3 Å². The number of aliphatic hydroxyl groups excluding tert-OH is 4. The highest BCUT2D eigenvalue weighted by Gasteiger charge is 2.42. The number of nitrogen functional groups attached to an aromatic ring is 1. The molecule has 2 aromatic rings. The summed E-state index contributed by atoms with van der Waals surface area (Å²) < 4.78 is 20.0. The van der Waals surface area contributed by atoms with Crippen LogP contribution in [-0.2, 0) is 4.74 Å². The Balaban J connectivity index is 2.05. The monoisotopic (exact) mass is 457 g/mol. The average molecular weight is 457 g/mol. The molecule has 1 amide bonds. The van der Waals surface area contributed by atoms with E-state index in [0.29, 0.717) is 5.56 Å². The molecule has 174 valence electrons. The van der Waals surface area contributed by atoms with Crippen LogP contribution in [0.25, 0.3) is 11.1 Å². The van der Waals surface area contributed by atoms with Crippen molar-refractivity contribution in [2.45, 2.75) is 30.5 Å². The van der Waals surface area contributed by atoms with E-state index in [0.717, 1.165) is 12.3 Å². The van der Waals surface area contributed by atoms with Gasteiger partial charge in [-0.05, 0) is 35.9 Å². The highest BCUT2D eigenvalue weighted by molar-refractivity contribution is 5.96. The van der Waals surface area contributed by atoms with Crippen LogP contribution in [0.3, 0.4) is 0 Å². The Morgan fingerprint density at radius 3 is 2.61 bits per heavy atom. The fraction of sp³-hybridized carbons (Fsp3) is 0.304. The molecule has 33 heavy (non-hydrogen) atoms. The molecular weight excluding hydrogens is 433 g/mol. The van der Waals surface area contributed by atoms with Gasteiger partial charge in [-0.15, -0.1) is 0 Å². The highest BCUT2D eigenvalue weighted by Crippen LogP contribution is 2.29. The SMILES string of the molecule is CNC(=O)c1ccc(F)c(-c2cc(C#CC3OC(CO)[C@@H](O)C(O)C3O)c(N)c(C=N)c2)c1. The molecule has 5 atom stereocenters. The zero-order valence-corrected chi connectivity index (χ0v) is 17.6. The maximum Gasteiger partial charge on any atom is 0.251 e. The number of halogens is 1. The van der Waals surface area contributed by atoms with Crippen molar-refractivity contribution in [2.75, 3.05) is 19.4 Å². The molecule has 8 N–H and O–H groups in total. The number of hydrogen-bond acceptors (Lipinski definition) is 8. The normalized spacial score (nSPS) is 24.5. The molecule has 0 aromatic heterocycles. The van der Waals surface area contributed by atoms with Gasteiger partial charge in [-0.1, -0.05) is 11.8 Å². The van der Waals surface area contributed by atoms with Gasteiger partial charge in [-0.3, -0.25) is 4.79 Å². The van der Waals surface area contributed by atoms with Crippen LogP contribution in [0, 0.1) is 23.1 Å². The van der Waals surface area contributed by atoms with Gasteiger partial charge in [0.1, 0.15) is 36.3 Å². The van der Waals surface area contributed by atoms with E-state index in [1.807, 2.05) is 0 Å². The van der Waals surface area contributed by atoms with E-state index in [1.54, 1.807) is 0 Å². The first-order chi connectivity index (χ1) is 15.7. The number of nitrogens with one attached hydrogen (secondary N) is 2. The van der Waals surface area contributed by atoms with Gasteiger partial charge < -0.3 is 41.6 Å². The minimum atomic E-state index is -1.59. The predicted molar refractivity (Wildman–Crippen MR) is 118 cm³/mol. The molecule has 1 aliphatic rings. The Hall–Kier alpha value is -3.33. The Morgan fingerprint density at radius 2 is 1.97 bits per heavy atom. The lowest BCUT2D eigenvalue weighted by Crippen LogP contribution is -2.58. The smallest absolute Gasteiger partial charge is 0.251 e. The molecule has 9 nitrogen and oxygen atoms in total. The van der Waals surface area contributed by atoms with Crippen molar-refractivity contribution in [1.29, 1.82) is 5.41 Å². The lowest BCUT2D eigenvalue weighted by molar-refractivity contribution is -0.214. The van der Waals surface area contributed by atoms with E-state index in [9.17, 15) is 29.6 Å². The summed E-state index contributed by atoms with van der Waals surface area (Å²) in [7, 11) is 1.45. The standard InChI is InChI=1S/C23H24FN3O6/c1-27-23(32)12-2-4-16(24)15(8-12)13-6-11(19(26)14(7-13)9-25)3-5-17-20(29)22(31)21(30)18(10-28)33-17/h2,4,6-9,17-18,20-22,25,28-31H,10,26H2,1H3,(H,27,32)/t17?,18?,20?,21-,22?/m1/s1. The first kappa shape index (κ1) is 24.3. The molecule has 0 saturated carbocycles. The fourth-order valence-corrected chi connectivity index (χ4v) is 3.46. The largest absolute Gasteiger partial charge is 0.397 e. The van der Waals surface area contributed by atoms with Crippen LogP contribution >= 0.6 is 0 Å². The van der Waals surface area contributed by atoms with E-state index in [2.05, 4.69) is 17.2 Å². The number of nitrogens with two attached hydrogens (primary N) is 1. The number of benzene rings is 2. The van der Waals surface area contributed by atoms with Crippen LogP contribution in [0.5, 0.6) is 0 Å². The van der Waals surface area contributed by atoms with E-state index >= 15 is 0 Å². The van der Waals surface area contributed by atoms with Gasteiger partial charge in [0, 0.05) is 35.5 Å². The van der Waals surface area contributed by atoms with Gasteiger partial charge >= 0.3 is 0 Å². The summed E-state index contributed by atoms with van der Waals surface area (Å²) in [5, 5.41) is 49.4. The molecule has 0 aliphatic carbocycles. The number of hydrogen-bond donors (Lipinski definition) is 7.